The third kappa shape index (κ3) is 1.86. The predicted octanol–water partition coefficient (Wildman–Crippen LogP) is 2.88. The molecule has 1 aromatic heterocycles. The quantitative estimate of drug-likeness (QED) is 0.802. The number of aromatic nitrogens is 1. The standard InChI is InChI=1S/C11H7ClN2O2/c1-15-10-3-2-7(4-9(10)12)11-5-8(6-13)14-16-11/h2-5H,1H3. The fourth-order valence-corrected chi connectivity index (χ4v) is 1.54. The first kappa shape index (κ1) is 10.5. The lowest BCUT2D eigenvalue weighted by molar-refractivity contribution is 0.414. The molecule has 0 bridgehead atoms. The molecule has 0 aliphatic rings. The second kappa shape index (κ2) is 4.25. The van der Waals surface area contributed by atoms with Crippen LogP contribution in [-0.2, 0) is 0 Å². The number of benzene rings is 1. The summed E-state index contributed by atoms with van der Waals surface area (Å²) < 4.78 is 10.0. The van der Waals surface area contributed by atoms with Crippen molar-refractivity contribution in [2.24, 2.45) is 0 Å². The molecule has 0 saturated carbocycles. The van der Waals surface area contributed by atoms with Crippen LogP contribution in [0.1, 0.15) is 5.69 Å². The zero-order valence-corrected chi connectivity index (χ0v) is 9.15. The maximum Gasteiger partial charge on any atom is 0.184 e. The molecule has 16 heavy (non-hydrogen) atoms. The average molecular weight is 235 g/mol. The van der Waals surface area contributed by atoms with Gasteiger partial charge in [0, 0.05) is 11.6 Å². The number of halogens is 1. The first-order chi connectivity index (χ1) is 7.74. The average Bonchev–Trinajstić information content (AvgIpc) is 2.77. The minimum Gasteiger partial charge on any atom is -0.495 e. The van der Waals surface area contributed by atoms with Gasteiger partial charge in [0.25, 0.3) is 0 Å². The van der Waals surface area contributed by atoms with Crippen LogP contribution >= 0.6 is 11.6 Å². The van der Waals surface area contributed by atoms with E-state index in [2.05, 4.69) is 5.16 Å². The van der Waals surface area contributed by atoms with Crippen LogP contribution in [0.3, 0.4) is 0 Å². The van der Waals surface area contributed by atoms with Gasteiger partial charge in [-0.25, -0.2) is 0 Å². The van der Waals surface area contributed by atoms with Crippen LogP contribution in [0.15, 0.2) is 28.8 Å². The first-order valence-electron chi connectivity index (χ1n) is 4.45. The molecule has 80 valence electrons. The summed E-state index contributed by atoms with van der Waals surface area (Å²) in [6.45, 7) is 0. The molecular weight excluding hydrogens is 228 g/mol. The minimum atomic E-state index is 0.238. The Morgan fingerprint density at radius 2 is 2.25 bits per heavy atom. The van der Waals surface area contributed by atoms with Gasteiger partial charge in [0.1, 0.15) is 11.8 Å². The molecule has 0 radical (unpaired) electrons. The number of ether oxygens (including phenoxy) is 1. The van der Waals surface area contributed by atoms with E-state index in [0.29, 0.717) is 16.5 Å². The second-order valence-corrected chi connectivity index (χ2v) is 3.44. The molecule has 4 nitrogen and oxygen atoms in total. The Morgan fingerprint density at radius 3 is 2.81 bits per heavy atom. The molecule has 1 heterocycles. The zero-order chi connectivity index (χ0) is 11.5. The van der Waals surface area contributed by atoms with Gasteiger partial charge in [0.2, 0.25) is 0 Å². The van der Waals surface area contributed by atoms with Crippen molar-refractivity contribution >= 4 is 11.6 Å². The fourth-order valence-electron chi connectivity index (χ4n) is 1.28. The highest BCUT2D eigenvalue weighted by Crippen LogP contribution is 2.30. The van der Waals surface area contributed by atoms with Crippen LogP contribution in [-0.4, -0.2) is 12.3 Å². The van der Waals surface area contributed by atoms with E-state index in [1.54, 1.807) is 31.4 Å². The zero-order valence-electron chi connectivity index (χ0n) is 8.40. The van der Waals surface area contributed by atoms with Gasteiger partial charge in [-0.3, -0.25) is 0 Å². The molecule has 0 fully saturated rings. The maximum absolute atomic E-state index is 8.62. The highest BCUT2D eigenvalue weighted by Gasteiger charge is 2.08. The van der Waals surface area contributed by atoms with Crippen molar-refractivity contribution in [2.45, 2.75) is 0 Å². The Kier molecular flexibility index (Phi) is 2.80. The Bertz CT molecular complexity index is 557. The number of methoxy groups -OCH3 is 1. The largest absolute Gasteiger partial charge is 0.495 e. The van der Waals surface area contributed by atoms with Gasteiger partial charge in [0.15, 0.2) is 11.5 Å². The van der Waals surface area contributed by atoms with Crippen LogP contribution in [0.2, 0.25) is 5.02 Å². The minimum absolute atomic E-state index is 0.238. The van der Waals surface area contributed by atoms with Crippen molar-refractivity contribution in [3.63, 3.8) is 0 Å². The SMILES string of the molecule is COc1ccc(-c2cc(C#N)no2)cc1Cl. The Balaban J connectivity index is 2.42. The van der Waals surface area contributed by atoms with Crippen molar-refractivity contribution in [3.8, 4) is 23.1 Å². The van der Waals surface area contributed by atoms with Crippen molar-refractivity contribution in [3.05, 3.63) is 35.0 Å². The summed E-state index contributed by atoms with van der Waals surface area (Å²) >= 11 is 5.97. The third-order valence-corrected chi connectivity index (χ3v) is 2.36. The lowest BCUT2D eigenvalue weighted by atomic mass is 10.1. The lowest BCUT2D eigenvalue weighted by Crippen LogP contribution is -1.84. The van der Waals surface area contributed by atoms with Crippen LogP contribution in [0.25, 0.3) is 11.3 Å². The van der Waals surface area contributed by atoms with Gasteiger partial charge < -0.3 is 9.26 Å². The number of nitrogens with zero attached hydrogens (tertiary/aromatic N) is 2. The smallest absolute Gasteiger partial charge is 0.184 e. The molecule has 1 aromatic carbocycles. The number of hydrogen-bond donors (Lipinski definition) is 0. The van der Waals surface area contributed by atoms with Crippen LogP contribution in [0.4, 0.5) is 0 Å². The van der Waals surface area contributed by atoms with Gasteiger partial charge in [-0.1, -0.05) is 16.8 Å². The van der Waals surface area contributed by atoms with E-state index in [1.807, 2.05) is 6.07 Å². The predicted molar refractivity (Wildman–Crippen MR) is 58.2 cm³/mol. The molecule has 0 spiro atoms. The topological polar surface area (TPSA) is 59.0 Å². The molecule has 0 aliphatic carbocycles. The lowest BCUT2D eigenvalue weighted by Gasteiger charge is -2.03. The summed E-state index contributed by atoms with van der Waals surface area (Å²) in [5.41, 5.74) is 0.988. The maximum atomic E-state index is 8.62. The molecule has 0 unspecified atom stereocenters. The number of hydrogen-bond acceptors (Lipinski definition) is 4. The highest BCUT2D eigenvalue weighted by atomic mass is 35.5. The van der Waals surface area contributed by atoms with E-state index in [4.69, 9.17) is 26.1 Å². The van der Waals surface area contributed by atoms with Crippen LogP contribution in [0.5, 0.6) is 5.75 Å². The molecule has 5 heteroatoms. The van der Waals surface area contributed by atoms with Crippen LogP contribution in [0, 0.1) is 11.3 Å². The van der Waals surface area contributed by atoms with Crippen molar-refractivity contribution in [2.75, 3.05) is 7.11 Å². The number of rotatable bonds is 2. The Hall–Kier alpha value is -1.99. The van der Waals surface area contributed by atoms with Gasteiger partial charge in [0.05, 0.1) is 12.1 Å². The Labute approximate surface area is 97.0 Å². The summed E-state index contributed by atoms with van der Waals surface area (Å²) in [6.07, 6.45) is 0. The molecule has 0 saturated heterocycles. The summed E-state index contributed by atoms with van der Waals surface area (Å²) in [4.78, 5) is 0. The normalized spacial score (nSPS) is 9.81. The summed E-state index contributed by atoms with van der Waals surface area (Å²) in [6, 6.07) is 8.65. The molecule has 2 rings (SSSR count). The van der Waals surface area contributed by atoms with E-state index in [9.17, 15) is 0 Å². The van der Waals surface area contributed by atoms with E-state index < -0.39 is 0 Å². The van der Waals surface area contributed by atoms with Crippen molar-refractivity contribution in [1.82, 2.24) is 5.16 Å². The molecule has 0 aliphatic heterocycles. The summed E-state index contributed by atoms with van der Waals surface area (Å²) in [5.74, 6) is 1.09. The van der Waals surface area contributed by atoms with Gasteiger partial charge in [-0.2, -0.15) is 5.26 Å². The molecule has 0 amide bonds. The Morgan fingerprint density at radius 1 is 1.44 bits per heavy atom. The van der Waals surface area contributed by atoms with Crippen molar-refractivity contribution in [1.29, 1.82) is 5.26 Å². The first-order valence-corrected chi connectivity index (χ1v) is 4.83. The van der Waals surface area contributed by atoms with Gasteiger partial charge >= 0.3 is 0 Å². The number of nitriles is 1. The van der Waals surface area contributed by atoms with Gasteiger partial charge in [-0.15, -0.1) is 0 Å². The van der Waals surface area contributed by atoms with Crippen molar-refractivity contribution < 1.29 is 9.26 Å². The van der Waals surface area contributed by atoms with E-state index in [0.717, 1.165) is 5.56 Å². The summed E-state index contributed by atoms with van der Waals surface area (Å²) in [7, 11) is 1.54. The fraction of sp³-hybridized carbons (Fsp3) is 0.0909. The van der Waals surface area contributed by atoms with E-state index in [1.165, 1.54) is 0 Å². The van der Waals surface area contributed by atoms with Crippen LogP contribution < -0.4 is 4.74 Å². The molecule has 0 atom stereocenters. The second-order valence-electron chi connectivity index (χ2n) is 3.04. The van der Waals surface area contributed by atoms with E-state index in [-0.39, 0.29) is 5.69 Å². The highest BCUT2D eigenvalue weighted by molar-refractivity contribution is 6.32. The molecular formula is C11H7ClN2O2. The monoisotopic (exact) mass is 234 g/mol. The van der Waals surface area contributed by atoms with E-state index >= 15 is 0 Å². The molecule has 0 N–H and O–H groups in total. The third-order valence-electron chi connectivity index (χ3n) is 2.06. The summed E-state index contributed by atoms with van der Waals surface area (Å²) in [5, 5.41) is 12.7. The molecule has 2 aromatic rings. The van der Waals surface area contributed by atoms with Gasteiger partial charge in [-0.05, 0) is 18.2 Å².